The molecule has 0 spiro atoms. The summed E-state index contributed by atoms with van der Waals surface area (Å²) in [6.45, 7) is 3.19. The number of aromatic nitrogens is 4. The third kappa shape index (κ3) is 4.06. The minimum Gasteiger partial charge on any atom is -0.486 e. The van der Waals surface area contributed by atoms with Crippen molar-refractivity contribution in [3.63, 3.8) is 0 Å². The quantitative estimate of drug-likeness (QED) is 0.396. The normalized spacial score (nSPS) is 15.3. The van der Waals surface area contributed by atoms with E-state index in [1.165, 1.54) is 0 Å². The molecule has 1 fully saturated rings. The van der Waals surface area contributed by atoms with Gasteiger partial charge >= 0.3 is 5.97 Å². The summed E-state index contributed by atoms with van der Waals surface area (Å²) in [6.07, 6.45) is 1.71. The van der Waals surface area contributed by atoms with Gasteiger partial charge in [-0.3, -0.25) is 5.10 Å². The SMILES string of the molecule is O=C(O)c1c(Nc2ccc3[nH]ncc3c2)nc(N2CCOCC2)nc1-c1ccc2c(c1)OCCO2. The van der Waals surface area contributed by atoms with Crippen molar-refractivity contribution < 1.29 is 24.1 Å². The van der Waals surface area contributed by atoms with Crippen molar-refractivity contribution >= 4 is 34.3 Å². The number of morpholine rings is 1. The lowest BCUT2D eigenvalue weighted by atomic mass is 10.0. The van der Waals surface area contributed by atoms with E-state index in [4.69, 9.17) is 19.2 Å². The van der Waals surface area contributed by atoms with Gasteiger partial charge in [0.05, 0.1) is 30.6 Å². The van der Waals surface area contributed by atoms with E-state index in [-0.39, 0.29) is 17.1 Å². The fourth-order valence-electron chi connectivity index (χ4n) is 4.20. The molecule has 11 heteroatoms. The molecular weight excluding hydrogens is 452 g/mol. The molecule has 0 unspecified atom stereocenters. The number of fused-ring (bicyclic) bond motifs is 2. The summed E-state index contributed by atoms with van der Waals surface area (Å²) >= 11 is 0. The molecule has 4 aromatic rings. The average Bonchev–Trinajstić information content (AvgIpc) is 3.36. The predicted molar refractivity (Wildman–Crippen MR) is 128 cm³/mol. The van der Waals surface area contributed by atoms with Crippen molar-refractivity contribution in [1.82, 2.24) is 20.2 Å². The van der Waals surface area contributed by atoms with Crippen LogP contribution in [0.2, 0.25) is 0 Å². The molecule has 11 nitrogen and oxygen atoms in total. The molecule has 2 aliphatic rings. The van der Waals surface area contributed by atoms with Crippen molar-refractivity contribution in [2.45, 2.75) is 0 Å². The molecule has 2 aromatic carbocycles. The Morgan fingerprint density at radius 2 is 1.83 bits per heavy atom. The number of carboxylic acids is 1. The van der Waals surface area contributed by atoms with Crippen molar-refractivity contribution in [3.05, 3.63) is 48.2 Å². The van der Waals surface area contributed by atoms with Gasteiger partial charge in [-0.2, -0.15) is 10.1 Å². The molecule has 0 aliphatic carbocycles. The van der Waals surface area contributed by atoms with Crippen molar-refractivity contribution in [1.29, 1.82) is 0 Å². The molecule has 0 atom stereocenters. The van der Waals surface area contributed by atoms with E-state index < -0.39 is 5.97 Å². The number of anilines is 3. The zero-order chi connectivity index (χ0) is 23.8. The van der Waals surface area contributed by atoms with E-state index in [2.05, 4.69) is 20.5 Å². The molecule has 35 heavy (non-hydrogen) atoms. The maximum Gasteiger partial charge on any atom is 0.341 e. The highest BCUT2D eigenvalue weighted by Crippen LogP contribution is 2.37. The number of nitrogens with one attached hydrogen (secondary N) is 2. The van der Waals surface area contributed by atoms with Crippen molar-refractivity contribution in [2.75, 3.05) is 49.7 Å². The van der Waals surface area contributed by atoms with Crippen LogP contribution < -0.4 is 19.7 Å². The van der Waals surface area contributed by atoms with Gasteiger partial charge in [-0.15, -0.1) is 0 Å². The van der Waals surface area contributed by atoms with Crippen LogP contribution >= 0.6 is 0 Å². The molecule has 178 valence electrons. The van der Waals surface area contributed by atoms with Crippen LogP contribution in [-0.2, 0) is 4.74 Å². The standard InChI is InChI=1S/C24H22N6O5/c31-23(32)20-21(14-1-4-18-19(12-14)35-10-9-34-18)27-24(30-5-7-33-8-6-30)28-22(20)26-16-2-3-17-15(11-16)13-25-29-17/h1-4,11-13H,5-10H2,(H,25,29)(H,31,32)(H,26,27,28). The van der Waals surface area contributed by atoms with Gasteiger partial charge < -0.3 is 29.5 Å². The first-order chi connectivity index (χ1) is 17.2. The molecule has 2 aliphatic heterocycles. The number of nitrogens with zero attached hydrogens (tertiary/aromatic N) is 4. The van der Waals surface area contributed by atoms with Gasteiger partial charge in [0.25, 0.3) is 0 Å². The molecule has 0 amide bonds. The number of rotatable bonds is 5. The Labute approximate surface area is 199 Å². The van der Waals surface area contributed by atoms with Crippen LogP contribution in [0.1, 0.15) is 10.4 Å². The number of aromatic carboxylic acids is 1. The lowest BCUT2D eigenvalue weighted by Gasteiger charge is -2.28. The smallest absolute Gasteiger partial charge is 0.341 e. The maximum atomic E-state index is 12.5. The summed E-state index contributed by atoms with van der Waals surface area (Å²) in [5.41, 5.74) is 2.41. The second kappa shape index (κ2) is 8.76. The second-order valence-corrected chi connectivity index (χ2v) is 8.16. The van der Waals surface area contributed by atoms with Crippen LogP contribution in [0.25, 0.3) is 22.2 Å². The lowest BCUT2D eigenvalue weighted by molar-refractivity contribution is 0.0698. The summed E-state index contributed by atoms with van der Waals surface area (Å²) in [4.78, 5) is 23.9. The minimum atomic E-state index is -1.14. The molecule has 6 rings (SSSR count). The first kappa shape index (κ1) is 21.2. The Morgan fingerprint density at radius 1 is 1.00 bits per heavy atom. The van der Waals surface area contributed by atoms with Crippen molar-refractivity contribution in [2.24, 2.45) is 0 Å². The Balaban J connectivity index is 1.50. The highest BCUT2D eigenvalue weighted by Gasteiger charge is 2.26. The van der Waals surface area contributed by atoms with E-state index in [9.17, 15) is 9.90 Å². The van der Waals surface area contributed by atoms with Crippen molar-refractivity contribution in [3.8, 4) is 22.8 Å². The molecule has 2 aromatic heterocycles. The third-order valence-electron chi connectivity index (χ3n) is 5.92. The Kier molecular flexibility index (Phi) is 5.30. The van der Waals surface area contributed by atoms with Gasteiger partial charge in [-0.25, -0.2) is 9.78 Å². The monoisotopic (exact) mass is 474 g/mol. The summed E-state index contributed by atoms with van der Waals surface area (Å²) in [7, 11) is 0. The molecule has 1 saturated heterocycles. The summed E-state index contributed by atoms with van der Waals surface area (Å²) in [5, 5.41) is 21.3. The first-order valence-corrected chi connectivity index (χ1v) is 11.2. The number of benzene rings is 2. The molecule has 0 saturated carbocycles. The minimum absolute atomic E-state index is 0.0361. The molecule has 0 bridgehead atoms. The van der Waals surface area contributed by atoms with Gasteiger partial charge in [-0.05, 0) is 36.4 Å². The third-order valence-corrected chi connectivity index (χ3v) is 5.92. The number of aromatic amines is 1. The van der Waals surface area contributed by atoms with Crippen LogP contribution in [0, 0.1) is 0 Å². The Hall–Kier alpha value is -4.38. The average molecular weight is 474 g/mol. The summed E-state index contributed by atoms with van der Waals surface area (Å²) in [5.74, 6) is 0.648. The van der Waals surface area contributed by atoms with Gasteiger partial charge in [0, 0.05) is 29.7 Å². The number of carboxylic acid groups (broad SMARTS) is 1. The molecular formula is C24H22N6O5. The fraction of sp³-hybridized carbons (Fsp3) is 0.250. The molecule has 4 heterocycles. The van der Waals surface area contributed by atoms with Gasteiger partial charge in [0.1, 0.15) is 18.8 Å². The number of carbonyl (C=O) groups is 1. The number of hydrogen-bond acceptors (Lipinski definition) is 9. The predicted octanol–water partition coefficient (Wildman–Crippen LogP) is 3.07. The van der Waals surface area contributed by atoms with E-state index in [0.717, 1.165) is 10.9 Å². The van der Waals surface area contributed by atoms with E-state index in [0.29, 0.717) is 68.2 Å². The number of ether oxygens (including phenoxy) is 3. The van der Waals surface area contributed by atoms with E-state index in [1.807, 2.05) is 23.1 Å². The summed E-state index contributed by atoms with van der Waals surface area (Å²) < 4.78 is 16.8. The zero-order valence-electron chi connectivity index (χ0n) is 18.7. The van der Waals surface area contributed by atoms with Gasteiger partial charge in [0.2, 0.25) is 5.95 Å². The van der Waals surface area contributed by atoms with Crippen LogP contribution in [0.4, 0.5) is 17.5 Å². The fourth-order valence-corrected chi connectivity index (χ4v) is 4.20. The first-order valence-electron chi connectivity index (χ1n) is 11.2. The highest BCUT2D eigenvalue weighted by atomic mass is 16.6. The second-order valence-electron chi connectivity index (χ2n) is 8.16. The van der Waals surface area contributed by atoms with Crippen LogP contribution in [0.15, 0.2) is 42.6 Å². The number of H-pyrrole nitrogens is 1. The Morgan fingerprint density at radius 3 is 2.66 bits per heavy atom. The van der Waals surface area contributed by atoms with Gasteiger partial charge in [-0.1, -0.05) is 0 Å². The molecule has 3 N–H and O–H groups in total. The van der Waals surface area contributed by atoms with Crippen LogP contribution in [-0.4, -0.2) is 70.8 Å². The topological polar surface area (TPSA) is 135 Å². The van der Waals surface area contributed by atoms with E-state index in [1.54, 1.807) is 24.4 Å². The van der Waals surface area contributed by atoms with E-state index >= 15 is 0 Å². The van der Waals surface area contributed by atoms with Crippen LogP contribution in [0.5, 0.6) is 11.5 Å². The zero-order valence-corrected chi connectivity index (χ0v) is 18.7. The van der Waals surface area contributed by atoms with Gasteiger partial charge in [0.15, 0.2) is 17.3 Å². The summed E-state index contributed by atoms with van der Waals surface area (Å²) in [6, 6.07) is 10.9. The Bertz CT molecular complexity index is 1420. The highest BCUT2D eigenvalue weighted by molar-refractivity contribution is 6.01. The lowest BCUT2D eigenvalue weighted by Crippen LogP contribution is -2.37. The molecule has 0 radical (unpaired) electrons. The maximum absolute atomic E-state index is 12.5. The van der Waals surface area contributed by atoms with Crippen LogP contribution in [0.3, 0.4) is 0 Å². The number of hydrogen-bond donors (Lipinski definition) is 3. The largest absolute Gasteiger partial charge is 0.486 e.